The van der Waals surface area contributed by atoms with Crippen molar-refractivity contribution in [3.63, 3.8) is 0 Å². The molecule has 0 saturated heterocycles. The largest absolute Gasteiger partial charge is 0.302 e. The highest BCUT2D eigenvalue weighted by molar-refractivity contribution is 5.71. The summed E-state index contributed by atoms with van der Waals surface area (Å²) in [5.41, 5.74) is 11.8. The third-order valence-electron chi connectivity index (χ3n) is 3.87. The van der Waals surface area contributed by atoms with Crippen LogP contribution in [0.1, 0.15) is 17.5 Å². The summed E-state index contributed by atoms with van der Waals surface area (Å²) in [6, 6.07) is 6.59. The van der Waals surface area contributed by atoms with Crippen LogP contribution in [-0.4, -0.2) is 36.7 Å². The molecule has 0 aliphatic carbocycles. The molecule has 0 fully saturated rings. The van der Waals surface area contributed by atoms with E-state index in [1.807, 2.05) is 11.3 Å². The second kappa shape index (κ2) is 5.69. The normalized spacial score (nSPS) is 19.3. The Balaban J connectivity index is 1.75. The van der Waals surface area contributed by atoms with Crippen molar-refractivity contribution in [1.82, 2.24) is 15.4 Å². The minimum Gasteiger partial charge on any atom is -0.302 e. The molecule has 0 saturated carbocycles. The minimum atomic E-state index is 0.879. The van der Waals surface area contributed by atoms with Crippen LogP contribution in [-0.2, 0) is 0 Å². The molecule has 20 heavy (non-hydrogen) atoms. The Morgan fingerprint density at radius 1 is 1.30 bits per heavy atom. The van der Waals surface area contributed by atoms with E-state index >= 15 is 0 Å². The summed E-state index contributed by atoms with van der Waals surface area (Å²) in [6.07, 6.45) is 7.57. The lowest BCUT2D eigenvalue weighted by Gasteiger charge is -2.24. The lowest BCUT2D eigenvalue weighted by Crippen LogP contribution is -2.33. The molecule has 1 aromatic carbocycles. The maximum absolute atomic E-state index is 3.33. The highest BCUT2D eigenvalue weighted by Crippen LogP contribution is 2.27. The van der Waals surface area contributed by atoms with Crippen LogP contribution in [0.3, 0.4) is 0 Å². The molecule has 2 aliphatic heterocycles. The first-order chi connectivity index (χ1) is 9.72. The summed E-state index contributed by atoms with van der Waals surface area (Å²) in [5, 5.41) is 1.89. The van der Waals surface area contributed by atoms with Gasteiger partial charge in [0.25, 0.3) is 0 Å². The molecule has 106 valence electrons. The zero-order chi connectivity index (χ0) is 13.9. The standard InChI is InChI=1S/C16H22N4/c1-13-12-15(18-20-9-3-8-17-20)4-5-16(13)14-6-10-19(2)11-7-14/h3-6,9,12,17-18H,7-8,10-11H2,1-2H3. The lowest BCUT2D eigenvalue weighted by atomic mass is 9.95. The van der Waals surface area contributed by atoms with Gasteiger partial charge in [0.15, 0.2) is 0 Å². The summed E-state index contributed by atoms with van der Waals surface area (Å²) in [5.74, 6) is 0. The van der Waals surface area contributed by atoms with E-state index in [1.165, 1.54) is 16.7 Å². The number of anilines is 1. The quantitative estimate of drug-likeness (QED) is 0.883. The van der Waals surface area contributed by atoms with Gasteiger partial charge in [-0.1, -0.05) is 12.1 Å². The van der Waals surface area contributed by atoms with E-state index in [1.54, 1.807) is 0 Å². The van der Waals surface area contributed by atoms with E-state index in [9.17, 15) is 0 Å². The van der Waals surface area contributed by atoms with Crippen molar-refractivity contribution in [2.24, 2.45) is 0 Å². The van der Waals surface area contributed by atoms with Crippen molar-refractivity contribution in [2.75, 3.05) is 32.1 Å². The van der Waals surface area contributed by atoms with E-state index in [0.29, 0.717) is 0 Å². The Bertz CT molecular complexity index is 547. The molecule has 0 spiro atoms. The van der Waals surface area contributed by atoms with Crippen molar-refractivity contribution in [3.05, 3.63) is 47.7 Å². The molecular weight excluding hydrogens is 248 g/mol. The Morgan fingerprint density at radius 2 is 2.20 bits per heavy atom. The van der Waals surface area contributed by atoms with Crippen molar-refractivity contribution in [1.29, 1.82) is 0 Å². The smallest absolute Gasteiger partial charge is 0.0559 e. The number of hydrogen-bond donors (Lipinski definition) is 2. The number of rotatable bonds is 3. The minimum absolute atomic E-state index is 0.879. The van der Waals surface area contributed by atoms with Crippen LogP contribution in [0.5, 0.6) is 0 Å². The highest BCUT2D eigenvalue weighted by Gasteiger charge is 2.12. The average Bonchev–Trinajstić information content (AvgIpc) is 2.93. The van der Waals surface area contributed by atoms with E-state index in [2.05, 4.69) is 60.1 Å². The first-order valence-corrected chi connectivity index (χ1v) is 7.17. The van der Waals surface area contributed by atoms with Crippen molar-refractivity contribution in [2.45, 2.75) is 13.3 Å². The molecule has 0 radical (unpaired) electrons. The molecule has 0 unspecified atom stereocenters. The van der Waals surface area contributed by atoms with Crippen LogP contribution in [0.2, 0.25) is 0 Å². The first-order valence-electron chi connectivity index (χ1n) is 7.17. The van der Waals surface area contributed by atoms with Gasteiger partial charge in [-0.3, -0.25) is 5.43 Å². The van der Waals surface area contributed by atoms with Gasteiger partial charge >= 0.3 is 0 Å². The van der Waals surface area contributed by atoms with Crippen LogP contribution in [0.25, 0.3) is 5.57 Å². The highest BCUT2D eigenvalue weighted by atomic mass is 15.7. The molecule has 0 aromatic heterocycles. The first kappa shape index (κ1) is 13.2. The number of aryl methyl sites for hydroxylation is 1. The number of nitrogens with zero attached hydrogens (tertiary/aromatic N) is 2. The topological polar surface area (TPSA) is 30.5 Å². The molecule has 0 amide bonds. The summed E-state index contributed by atoms with van der Waals surface area (Å²) >= 11 is 0. The Kier molecular flexibility index (Phi) is 3.76. The monoisotopic (exact) mass is 270 g/mol. The van der Waals surface area contributed by atoms with Crippen LogP contribution in [0.15, 0.2) is 36.6 Å². The molecule has 0 bridgehead atoms. The maximum Gasteiger partial charge on any atom is 0.0559 e. The van der Waals surface area contributed by atoms with Gasteiger partial charge in [-0.25, -0.2) is 10.5 Å². The molecule has 2 heterocycles. The number of hydrazine groups is 2. The zero-order valence-electron chi connectivity index (χ0n) is 12.2. The van der Waals surface area contributed by atoms with Crippen molar-refractivity contribution in [3.8, 4) is 0 Å². The second-order valence-electron chi connectivity index (χ2n) is 5.50. The van der Waals surface area contributed by atoms with Gasteiger partial charge in [-0.05, 0) is 55.3 Å². The zero-order valence-corrected chi connectivity index (χ0v) is 12.2. The van der Waals surface area contributed by atoms with Gasteiger partial charge in [-0.2, -0.15) is 0 Å². The third kappa shape index (κ3) is 2.86. The molecule has 2 N–H and O–H groups in total. The van der Waals surface area contributed by atoms with Gasteiger partial charge in [0.2, 0.25) is 0 Å². The Labute approximate surface area is 120 Å². The molecule has 1 aromatic rings. The molecular formula is C16H22N4. The van der Waals surface area contributed by atoms with Gasteiger partial charge < -0.3 is 4.90 Å². The Hall–Kier alpha value is -1.78. The molecule has 2 aliphatic rings. The number of likely N-dealkylation sites (N-methyl/N-ethyl adjacent to an activating group) is 1. The predicted octanol–water partition coefficient (Wildman–Crippen LogP) is 2.37. The van der Waals surface area contributed by atoms with E-state index < -0.39 is 0 Å². The molecule has 4 nitrogen and oxygen atoms in total. The number of hydrogen-bond acceptors (Lipinski definition) is 4. The second-order valence-corrected chi connectivity index (χ2v) is 5.50. The number of nitrogens with one attached hydrogen (secondary N) is 2. The van der Waals surface area contributed by atoms with Crippen LogP contribution < -0.4 is 10.9 Å². The fourth-order valence-electron chi connectivity index (χ4n) is 2.69. The fraction of sp³-hybridized carbons (Fsp3) is 0.375. The van der Waals surface area contributed by atoms with Gasteiger partial charge in [0.05, 0.1) is 5.69 Å². The van der Waals surface area contributed by atoms with Gasteiger partial charge in [0, 0.05) is 25.8 Å². The Morgan fingerprint density at radius 3 is 2.85 bits per heavy atom. The lowest BCUT2D eigenvalue weighted by molar-refractivity contribution is 0.368. The van der Waals surface area contributed by atoms with E-state index in [0.717, 1.165) is 31.7 Å². The van der Waals surface area contributed by atoms with Gasteiger partial charge in [-0.15, -0.1) is 0 Å². The SMILES string of the molecule is Cc1cc(NN2C=CCN2)ccc1C1=CCN(C)CC1. The average molecular weight is 270 g/mol. The third-order valence-corrected chi connectivity index (χ3v) is 3.87. The fourth-order valence-corrected chi connectivity index (χ4v) is 2.69. The summed E-state index contributed by atoms with van der Waals surface area (Å²) < 4.78 is 0. The van der Waals surface area contributed by atoms with Crippen LogP contribution in [0.4, 0.5) is 5.69 Å². The molecule has 3 rings (SSSR count). The molecule has 0 atom stereocenters. The van der Waals surface area contributed by atoms with Gasteiger partial charge in [0.1, 0.15) is 0 Å². The molecule has 4 heteroatoms. The summed E-state index contributed by atoms with van der Waals surface area (Å²) in [4.78, 5) is 2.35. The van der Waals surface area contributed by atoms with Crippen LogP contribution in [0, 0.1) is 6.92 Å². The summed E-state index contributed by atoms with van der Waals surface area (Å²) in [6.45, 7) is 5.27. The van der Waals surface area contributed by atoms with Crippen LogP contribution >= 0.6 is 0 Å². The van der Waals surface area contributed by atoms with E-state index in [4.69, 9.17) is 0 Å². The van der Waals surface area contributed by atoms with Crippen molar-refractivity contribution < 1.29 is 0 Å². The maximum atomic E-state index is 3.33. The number of benzene rings is 1. The predicted molar refractivity (Wildman–Crippen MR) is 83.9 cm³/mol. The van der Waals surface area contributed by atoms with Crippen molar-refractivity contribution >= 4 is 11.3 Å². The summed E-state index contributed by atoms with van der Waals surface area (Å²) in [7, 11) is 2.17. The van der Waals surface area contributed by atoms with E-state index in [-0.39, 0.29) is 0 Å².